The van der Waals surface area contributed by atoms with Gasteiger partial charge in [-0.15, -0.1) is 0 Å². The highest BCUT2D eigenvalue weighted by Gasteiger charge is 2.28. The van der Waals surface area contributed by atoms with Gasteiger partial charge in [0.2, 0.25) is 15.9 Å². The van der Waals surface area contributed by atoms with Crippen molar-refractivity contribution in [3.05, 3.63) is 35.4 Å². The fourth-order valence-corrected chi connectivity index (χ4v) is 4.20. The van der Waals surface area contributed by atoms with Crippen molar-refractivity contribution in [3.63, 3.8) is 0 Å². The van der Waals surface area contributed by atoms with E-state index in [4.69, 9.17) is 0 Å². The lowest BCUT2D eigenvalue weighted by molar-refractivity contribution is -0.132. The molecule has 1 fully saturated rings. The molecule has 0 radical (unpaired) electrons. The summed E-state index contributed by atoms with van der Waals surface area (Å²) in [4.78, 5) is 15.9. The van der Waals surface area contributed by atoms with E-state index in [1.54, 1.807) is 4.90 Å². The lowest BCUT2D eigenvalue weighted by atomic mass is 10.2. The molecule has 1 aliphatic heterocycles. The molecule has 0 aliphatic carbocycles. The molecule has 1 saturated heterocycles. The van der Waals surface area contributed by atoms with E-state index in [1.807, 2.05) is 50.2 Å². The lowest BCUT2D eigenvalue weighted by Crippen LogP contribution is -2.51. The molecule has 7 heteroatoms. The number of sulfonamides is 1. The normalized spacial score (nSPS) is 16.6. The molecule has 24 heavy (non-hydrogen) atoms. The Balaban J connectivity index is 1.88. The summed E-state index contributed by atoms with van der Waals surface area (Å²) in [6.45, 7) is 4.39. The molecule has 6 nitrogen and oxygen atoms in total. The topological polar surface area (TPSA) is 60.9 Å². The molecule has 0 atom stereocenters. The molecule has 134 valence electrons. The highest BCUT2D eigenvalue weighted by atomic mass is 32.2. The summed E-state index contributed by atoms with van der Waals surface area (Å²) in [6.07, 6.45) is 0.475. The van der Waals surface area contributed by atoms with E-state index >= 15 is 0 Å². The first kappa shape index (κ1) is 18.9. The van der Waals surface area contributed by atoms with Gasteiger partial charge in [0.15, 0.2) is 0 Å². The van der Waals surface area contributed by atoms with Crippen LogP contribution >= 0.6 is 0 Å². The van der Waals surface area contributed by atoms with Gasteiger partial charge in [0.05, 0.1) is 5.75 Å². The molecule has 1 heterocycles. The van der Waals surface area contributed by atoms with Crippen LogP contribution in [0, 0.1) is 6.92 Å². The Morgan fingerprint density at radius 2 is 1.67 bits per heavy atom. The van der Waals surface area contributed by atoms with Crippen LogP contribution in [-0.2, 0) is 20.6 Å². The zero-order valence-corrected chi connectivity index (χ0v) is 15.6. The van der Waals surface area contributed by atoms with Crippen LogP contribution < -0.4 is 0 Å². The van der Waals surface area contributed by atoms with Crippen molar-refractivity contribution in [2.45, 2.75) is 19.1 Å². The second-order valence-electron chi connectivity index (χ2n) is 6.57. The molecule has 1 aromatic carbocycles. The van der Waals surface area contributed by atoms with E-state index in [-0.39, 0.29) is 11.7 Å². The average molecular weight is 353 g/mol. The summed E-state index contributed by atoms with van der Waals surface area (Å²) in [5.74, 6) is 0.112. The Hall–Kier alpha value is -1.44. The molecule has 0 unspecified atom stereocenters. The second-order valence-corrected chi connectivity index (χ2v) is 8.54. The van der Waals surface area contributed by atoms with Crippen LogP contribution in [0.15, 0.2) is 24.3 Å². The summed E-state index contributed by atoms with van der Waals surface area (Å²) in [5, 5.41) is 0. The fraction of sp³-hybridized carbons (Fsp3) is 0.588. The van der Waals surface area contributed by atoms with Gasteiger partial charge in [-0.2, -0.15) is 4.31 Å². The molecular formula is C17H27N3O3S. The standard InChI is InChI=1S/C17H27N3O3S/c1-15-4-6-16(7-5-15)14-24(22,23)20-12-10-19(11-13-20)17(21)8-9-18(2)3/h4-7H,8-14H2,1-3H3. The van der Waals surface area contributed by atoms with Gasteiger partial charge < -0.3 is 9.80 Å². The van der Waals surface area contributed by atoms with E-state index in [0.29, 0.717) is 39.1 Å². The van der Waals surface area contributed by atoms with Crippen LogP contribution in [0.3, 0.4) is 0 Å². The summed E-state index contributed by atoms with van der Waals surface area (Å²) in [7, 11) is 0.530. The van der Waals surface area contributed by atoms with Crippen molar-refractivity contribution in [1.82, 2.24) is 14.1 Å². The molecule has 1 aliphatic rings. The number of piperazine rings is 1. The molecule has 0 saturated carbocycles. The van der Waals surface area contributed by atoms with Crippen LogP contribution in [0.5, 0.6) is 0 Å². The minimum atomic E-state index is -3.34. The third-order valence-corrected chi connectivity index (χ3v) is 6.08. The predicted octanol–water partition coefficient (Wildman–Crippen LogP) is 0.921. The lowest BCUT2D eigenvalue weighted by Gasteiger charge is -2.34. The Morgan fingerprint density at radius 1 is 1.08 bits per heavy atom. The molecule has 1 aromatic rings. The second kappa shape index (κ2) is 8.09. The number of rotatable bonds is 6. The van der Waals surface area contributed by atoms with Crippen molar-refractivity contribution in [2.75, 3.05) is 46.8 Å². The molecule has 0 aromatic heterocycles. The van der Waals surface area contributed by atoms with Crippen molar-refractivity contribution >= 4 is 15.9 Å². The van der Waals surface area contributed by atoms with Crippen LogP contribution in [0.2, 0.25) is 0 Å². The summed E-state index contributed by atoms with van der Waals surface area (Å²) in [6, 6.07) is 7.56. The first-order valence-electron chi connectivity index (χ1n) is 8.24. The minimum absolute atomic E-state index is 0.0157. The van der Waals surface area contributed by atoms with Gasteiger partial charge in [0.1, 0.15) is 0 Å². The van der Waals surface area contributed by atoms with Crippen molar-refractivity contribution in [1.29, 1.82) is 0 Å². The maximum atomic E-state index is 12.5. The number of hydrogen-bond donors (Lipinski definition) is 0. The Morgan fingerprint density at radius 3 is 2.21 bits per heavy atom. The summed E-state index contributed by atoms with van der Waals surface area (Å²) < 4.78 is 26.6. The number of hydrogen-bond acceptors (Lipinski definition) is 4. The smallest absolute Gasteiger partial charge is 0.223 e. The number of aryl methyl sites for hydroxylation is 1. The monoisotopic (exact) mass is 353 g/mol. The van der Waals surface area contributed by atoms with E-state index in [1.165, 1.54) is 4.31 Å². The maximum Gasteiger partial charge on any atom is 0.223 e. The third kappa shape index (κ3) is 5.29. The molecule has 2 rings (SSSR count). The van der Waals surface area contributed by atoms with Gasteiger partial charge >= 0.3 is 0 Å². The van der Waals surface area contributed by atoms with Crippen molar-refractivity contribution in [2.24, 2.45) is 0 Å². The fourth-order valence-electron chi connectivity index (χ4n) is 2.68. The average Bonchev–Trinajstić information content (AvgIpc) is 2.54. The maximum absolute atomic E-state index is 12.5. The molecule has 0 bridgehead atoms. The molecular weight excluding hydrogens is 326 g/mol. The predicted molar refractivity (Wildman–Crippen MR) is 95.1 cm³/mol. The Labute approximate surface area is 145 Å². The zero-order chi connectivity index (χ0) is 17.7. The quantitative estimate of drug-likeness (QED) is 0.763. The van der Waals surface area contributed by atoms with Gasteiger partial charge in [0.25, 0.3) is 0 Å². The van der Waals surface area contributed by atoms with E-state index < -0.39 is 10.0 Å². The van der Waals surface area contributed by atoms with E-state index in [9.17, 15) is 13.2 Å². The van der Waals surface area contributed by atoms with Gasteiger partial charge in [-0.1, -0.05) is 29.8 Å². The number of benzene rings is 1. The largest absolute Gasteiger partial charge is 0.340 e. The summed E-state index contributed by atoms with van der Waals surface area (Å²) in [5.41, 5.74) is 1.91. The van der Waals surface area contributed by atoms with Crippen molar-refractivity contribution < 1.29 is 13.2 Å². The van der Waals surface area contributed by atoms with E-state index in [2.05, 4.69) is 0 Å². The number of nitrogens with zero attached hydrogens (tertiary/aromatic N) is 3. The Kier molecular flexibility index (Phi) is 6.37. The van der Waals surface area contributed by atoms with Gasteiger partial charge in [-0.3, -0.25) is 4.79 Å². The van der Waals surface area contributed by atoms with Gasteiger partial charge in [0, 0.05) is 39.1 Å². The molecule has 0 N–H and O–H groups in total. The summed E-state index contributed by atoms with van der Waals surface area (Å²) >= 11 is 0. The van der Waals surface area contributed by atoms with Crippen LogP contribution in [0.4, 0.5) is 0 Å². The first-order valence-corrected chi connectivity index (χ1v) is 9.85. The van der Waals surface area contributed by atoms with Crippen LogP contribution in [0.25, 0.3) is 0 Å². The number of carbonyl (C=O) groups is 1. The van der Waals surface area contributed by atoms with Crippen molar-refractivity contribution in [3.8, 4) is 0 Å². The molecule has 1 amide bonds. The van der Waals surface area contributed by atoms with E-state index in [0.717, 1.165) is 11.1 Å². The third-order valence-electron chi connectivity index (χ3n) is 4.23. The number of amides is 1. The number of carbonyl (C=O) groups excluding carboxylic acids is 1. The highest BCUT2D eigenvalue weighted by molar-refractivity contribution is 7.88. The van der Waals surface area contributed by atoms with Crippen LogP contribution in [0.1, 0.15) is 17.5 Å². The zero-order valence-electron chi connectivity index (χ0n) is 14.7. The molecule has 0 spiro atoms. The minimum Gasteiger partial charge on any atom is -0.340 e. The highest BCUT2D eigenvalue weighted by Crippen LogP contribution is 2.15. The first-order chi connectivity index (χ1) is 11.3. The van der Waals surface area contributed by atoms with Crippen LogP contribution in [-0.4, -0.2) is 75.2 Å². The van der Waals surface area contributed by atoms with Gasteiger partial charge in [-0.25, -0.2) is 8.42 Å². The Bertz CT molecular complexity index is 648. The SMILES string of the molecule is Cc1ccc(CS(=O)(=O)N2CCN(C(=O)CCN(C)C)CC2)cc1. The van der Waals surface area contributed by atoms with Gasteiger partial charge in [-0.05, 0) is 26.6 Å².